The molecule has 1 aliphatic carbocycles. The maximum absolute atomic E-state index is 12.7. The molecule has 0 bridgehead atoms. The van der Waals surface area contributed by atoms with Gasteiger partial charge in [-0.3, -0.25) is 4.90 Å². The van der Waals surface area contributed by atoms with Gasteiger partial charge in [0.1, 0.15) is 6.61 Å². The van der Waals surface area contributed by atoms with Gasteiger partial charge in [0.2, 0.25) is 0 Å². The minimum atomic E-state index is -1.15. The van der Waals surface area contributed by atoms with Crippen LogP contribution in [-0.2, 0) is 14.3 Å². The molecule has 2 aromatic rings. The number of nitrogens with zero attached hydrogens (tertiary/aromatic N) is 1. The highest BCUT2D eigenvalue weighted by Gasteiger charge is 2.36. The largest absolute Gasteiger partial charge is 0.480 e. The van der Waals surface area contributed by atoms with Crippen LogP contribution in [0.25, 0.3) is 11.1 Å². The van der Waals surface area contributed by atoms with Crippen LogP contribution in [-0.4, -0.2) is 53.5 Å². The van der Waals surface area contributed by atoms with Gasteiger partial charge < -0.3 is 14.6 Å². The SMILES string of the molecule is C[C@@H](OC(C)(C)C)[C@H](C(=O)O)N(C)C(=O)OCC1c2ccccc2-c2ccccc21. The van der Waals surface area contributed by atoms with Gasteiger partial charge in [-0.15, -0.1) is 0 Å². The van der Waals surface area contributed by atoms with E-state index in [0.29, 0.717) is 0 Å². The first-order valence-electron chi connectivity index (χ1n) is 10.1. The number of hydrogen-bond acceptors (Lipinski definition) is 4. The zero-order valence-electron chi connectivity index (χ0n) is 18.1. The molecule has 1 aliphatic rings. The van der Waals surface area contributed by atoms with Crippen molar-refractivity contribution in [3.05, 3.63) is 59.7 Å². The van der Waals surface area contributed by atoms with Crippen molar-refractivity contribution in [3.63, 3.8) is 0 Å². The quantitative estimate of drug-likeness (QED) is 0.756. The van der Waals surface area contributed by atoms with E-state index in [1.54, 1.807) is 6.92 Å². The highest BCUT2D eigenvalue weighted by molar-refractivity contribution is 5.81. The van der Waals surface area contributed by atoms with Gasteiger partial charge in [0, 0.05) is 13.0 Å². The van der Waals surface area contributed by atoms with Crippen LogP contribution in [0.4, 0.5) is 4.79 Å². The van der Waals surface area contributed by atoms with E-state index in [4.69, 9.17) is 9.47 Å². The number of likely N-dealkylation sites (N-methyl/N-ethyl adjacent to an activating group) is 1. The van der Waals surface area contributed by atoms with E-state index in [1.807, 2.05) is 57.2 Å². The summed E-state index contributed by atoms with van der Waals surface area (Å²) in [5.74, 6) is -1.22. The Morgan fingerprint density at radius 2 is 1.53 bits per heavy atom. The van der Waals surface area contributed by atoms with E-state index in [-0.39, 0.29) is 12.5 Å². The van der Waals surface area contributed by atoms with Crippen molar-refractivity contribution < 1.29 is 24.2 Å². The molecule has 2 atom stereocenters. The lowest BCUT2D eigenvalue weighted by Gasteiger charge is -2.33. The fourth-order valence-electron chi connectivity index (χ4n) is 4.11. The second-order valence-corrected chi connectivity index (χ2v) is 8.63. The molecule has 0 saturated carbocycles. The summed E-state index contributed by atoms with van der Waals surface area (Å²) in [5, 5.41) is 9.67. The van der Waals surface area contributed by atoms with E-state index in [1.165, 1.54) is 7.05 Å². The number of amides is 1. The third-order valence-corrected chi connectivity index (χ3v) is 5.28. The fraction of sp³-hybridized carbons (Fsp3) is 0.417. The van der Waals surface area contributed by atoms with Crippen LogP contribution in [0.5, 0.6) is 0 Å². The minimum Gasteiger partial charge on any atom is -0.480 e. The van der Waals surface area contributed by atoms with Gasteiger partial charge in [-0.25, -0.2) is 9.59 Å². The lowest BCUT2D eigenvalue weighted by atomic mass is 9.98. The number of benzene rings is 2. The lowest BCUT2D eigenvalue weighted by molar-refractivity contribution is -0.153. The number of carboxylic acid groups (broad SMARTS) is 1. The Morgan fingerprint density at radius 3 is 2.00 bits per heavy atom. The summed E-state index contributed by atoms with van der Waals surface area (Å²) in [7, 11) is 1.43. The highest BCUT2D eigenvalue weighted by Crippen LogP contribution is 2.44. The zero-order valence-corrected chi connectivity index (χ0v) is 18.1. The van der Waals surface area contributed by atoms with Gasteiger partial charge in [0.15, 0.2) is 6.04 Å². The molecule has 6 heteroatoms. The smallest absolute Gasteiger partial charge is 0.410 e. The molecule has 1 N–H and O–H groups in total. The molecule has 0 heterocycles. The average molecular weight is 411 g/mol. The summed E-state index contributed by atoms with van der Waals surface area (Å²) in [5.41, 5.74) is 3.95. The van der Waals surface area contributed by atoms with Crippen LogP contribution in [0.3, 0.4) is 0 Å². The number of carbonyl (C=O) groups is 2. The summed E-state index contributed by atoms with van der Waals surface area (Å²) < 4.78 is 11.4. The number of fused-ring (bicyclic) bond motifs is 3. The number of carboxylic acids is 1. The van der Waals surface area contributed by atoms with Crippen molar-refractivity contribution in [3.8, 4) is 11.1 Å². The highest BCUT2D eigenvalue weighted by atomic mass is 16.6. The fourth-order valence-corrected chi connectivity index (χ4v) is 4.11. The number of ether oxygens (including phenoxy) is 2. The monoisotopic (exact) mass is 411 g/mol. The third-order valence-electron chi connectivity index (χ3n) is 5.28. The minimum absolute atomic E-state index is 0.0822. The first-order valence-corrected chi connectivity index (χ1v) is 10.1. The number of rotatable bonds is 6. The Hall–Kier alpha value is -2.86. The van der Waals surface area contributed by atoms with Crippen LogP contribution in [0.1, 0.15) is 44.7 Å². The van der Waals surface area contributed by atoms with Crippen LogP contribution < -0.4 is 0 Å². The molecule has 6 nitrogen and oxygen atoms in total. The Morgan fingerprint density at radius 1 is 1.03 bits per heavy atom. The molecule has 160 valence electrons. The number of aliphatic carboxylic acids is 1. The van der Waals surface area contributed by atoms with E-state index in [2.05, 4.69) is 12.1 Å². The van der Waals surface area contributed by atoms with Gasteiger partial charge in [-0.1, -0.05) is 48.5 Å². The molecule has 0 aromatic heterocycles. The summed E-state index contributed by atoms with van der Waals surface area (Å²) in [4.78, 5) is 25.7. The van der Waals surface area contributed by atoms with Crippen LogP contribution in [0.15, 0.2) is 48.5 Å². The molecule has 3 rings (SSSR count). The van der Waals surface area contributed by atoms with Gasteiger partial charge in [-0.05, 0) is 49.9 Å². The van der Waals surface area contributed by atoms with E-state index in [0.717, 1.165) is 27.2 Å². The molecule has 0 saturated heterocycles. The maximum Gasteiger partial charge on any atom is 0.410 e. The van der Waals surface area contributed by atoms with Gasteiger partial charge in [0.25, 0.3) is 0 Å². The third kappa shape index (κ3) is 4.49. The number of carbonyl (C=O) groups excluding carboxylic acids is 1. The summed E-state index contributed by atoms with van der Waals surface area (Å²) >= 11 is 0. The Bertz CT molecular complexity index is 888. The molecule has 30 heavy (non-hydrogen) atoms. The van der Waals surface area contributed by atoms with E-state index < -0.39 is 29.8 Å². The Labute approximate surface area is 177 Å². The van der Waals surface area contributed by atoms with Gasteiger partial charge in [0.05, 0.1) is 11.7 Å². The van der Waals surface area contributed by atoms with Gasteiger partial charge >= 0.3 is 12.1 Å². The van der Waals surface area contributed by atoms with Crippen LogP contribution in [0, 0.1) is 0 Å². The summed E-state index contributed by atoms with van der Waals surface area (Å²) in [6.07, 6.45) is -1.39. The normalized spacial score (nSPS) is 15.1. The van der Waals surface area contributed by atoms with Gasteiger partial charge in [-0.2, -0.15) is 0 Å². The summed E-state index contributed by atoms with van der Waals surface area (Å²) in [6, 6.07) is 15.0. The number of hydrogen-bond donors (Lipinski definition) is 1. The average Bonchev–Trinajstić information content (AvgIpc) is 2.98. The summed E-state index contributed by atoms with van der Waals surface area (Å²) in [6.45, 7) is 7.32. The molecule has 1 amide bonds. The lowest BCUT2D eigenvalue weighted by Crippen LogP contribution is -2.51. The second kappa shape index (κ2) is 8.48. The molecule has 2 aromatic carbocycles. The first kappa shape index (κ1) is 21.8. The van der Waals surface area contributed by atoms with Crippen LogP contribution >= 0.6 is 0 Å². The molecular formula is C24H29NO5. The van der Waals surface area contributed by atoms with Crippen molar-refractivity contribution in [2.75, 3.05) is 13.7 Å². The Kier molecular flexibility index (Phi) is 6.17. The molecular weight excluding hydrogens is 382 g/mol. The molecule has 0 aliphatic heterocycles. The predicted molar refractivity (Wildman–Crippen MR) is 115 cm³/mol. The first-order chi connectivity index (χ1) is 14.1. The Balaban J connectivity index is 1.74. The second-order valence-electron chi connectivity index (χ2n) is 8.63. The molecule has 0 fully saturated rings. The van der Waals surface area contributed by atoms with Crippen molar-refractivity contribution >= 4 is 12.1 Å². The maximum atomic E-state index is 12.7. The van der Waals surface area contributed by atoms with Crippen molar-refractivity contribution in [2.24, 2.45) is 0 Å². The topological polar surface area (TPSA) is 76.1 Å². The van der Waals surface area contributed by atoms with E-state index in [9.17, 15) is 14.7 Å². The van der Waals surface area contributed by atoms with Crippen LogP contribution in [0.2, 0.25) is 0 Å². The standard InChI is InChI=1S/C24H29NO5/c1-15(30-24(2,3)4)21(22(26)27)25(5)23(28)29-14-20-18-12-8-6-10-16(18)17-11-7-9-13-19(17)20/h6-13,15,20-21H,14H2,1-5H3,(H,26,27)/t15-,21-/m1/s1. The van der Waals surface area contributed by atoms with Crippen molar-refractivity contribution in [2.45, 2.75) is 51.4 Å². The van der Waals surface area contributed by atoms with Crippen molar-refractivity contribution in [1.82, 2.24) is 4.90 Å². The van der Waals surface area contributed by atoms with E-state index >= 15 is 0 Å². The molecule has 0 unspecified atom stereocenters. The van der Waals surface area contributed by atoms with Crippen molar-refractivity contribution in [1.29, 1.82) is 0 Å². The zero-order chi connectivity index (χ0) is 22.1. The molecule has 0 radical (unpaired) electrons. The molecule has 0 spiro atoms. The predicted octanol–water partition coefficient (Wildman–Crippen LogP) is 4.52.